The number of piperidine rings is 1. The average molecular weight is 507 g/mol. The van der Waals surface area contributed by atoms with Crippen molar-refractivity contribution < 1.29 is 29.3 Å². The maximum Gasteiger partial charge on any atom is 0.223 e. The molecule has 4 rings (SSSR count). The summed E-state index contributed by atoms with van der Waals surface area (Å²) in [5.41, 5.74) is -1.31. The van der Waals surface area contributed by atoms with Crippen LogP contribution in [-0.2, 0) is 9.47 Å². The van der Waals surface area contributed by atoms with Crippen LogP contribution in [0.2, 0.25) is 0 Å². The molecule has 1 aliphatic carbocycles. The van der Waals surface area contributed by atoms with E-state index in [0.29, 0.717) is 49.7 Å². The molecule has 0 radical (unpaired) electrons. The highest BCUT2D eigenvalue weighted by atomic mass is 16.6. The second-order valence-electron chi connectivity index (χ2n) is 10.3. The lowest BCUT2D eigenvalue weighted by molar-refractivity contribution is -0.0834. The summed E-state index contributed by atoms with van der Waals surface area (Å²) in [7, 11) is 0. The maximum absolute atomic E-state index is 10.7. The predicted molar refractivity (Wildman–Crippen MR) is 141 cm³/mol. The number of ether oxygens (including phenoxy) is 3. The minimum atomic E-state index is -0.708. The Hall–Kier alpha value is -1.87. The zero-order chi connectivity index (χ0) is 25.9. The Labute approximate surface area is 216 Å². The molecule has 36 heavy (non-hydrogen) atoms. The molecule has 0 bridgehead atoms. The molecule has 8 heteroatoms. The molecular formula is C28H46N2O6. The number of likely N-dealkylation sites (tertiary alicyclic amines) is 1. The first-order valence-corrected chi connectivity index (χ1v) is 13.7. The normalized spacial score (nSPS) is 22.4. The summed E-state index contributed by atoms with van der Waals surface area (Å²) in [5.74, 6) is 2.19. The summed E-state index contributed by atoms with van der Waals surface area (Å²) < 4.78 is 17.0. The molecule has 0 atom stereocenters. The van der Waals surface area contributed by atoms with Gasteiger partial charge in [-0.05, 0) is 62.0 Å². The van der Waals surface area contributed by atoms with E-state index >= 15 is 0 Å². The van der Waals surface area contributed by atoms with Gasteiger partial charge in [-0.1, -0.05) is 32.8 Å². The molecule has 3 fully saturated rings. The van der Waals surface area contributed by atoms with E-state index in [1.54, 1.807) is 13.0 Å². The third-order valence-corrected chi connectivity index (χ3v) is 7.30. The molecule has 0 aromatic heterocycles. The van der Waals surface area contributed by atoms with Crippen molar-refractivity contribution in [1.82, 2.24) is 4.90 Å². The van der Waals surface area contributed by atoms with Gasteiger partial charge in [0.25, 0.3) is 0 Å². The fourth-order valence-corrected chi connectivity index (χ4v) is 5.03. The Morgan fingerprint density at radius 2 is 1.69 bits per heavy atom. The van der Waals surface area contributed by atoms with Crippen molar-refractivity contribution in [1.29, 1.82) is 0 Å². The van der Waals surface area contributed by atoms with Gasteiger partial charge in [0.2, 0.25) is 5.90 Å². The number of nitrogens with zero attached hydrogens (tertiary/aromatic N) is 2. The molecule has 2 N–H and O–H groups in total. The van der Waals surface area contributed by atoms with Crippen LogP contribution in [0.4, 0.5) is 0 Å². The number of hydrogen-bond donors (Lipinski definition) is 2. The van der Waals surface area contributed by atoms with Crippen LogP contribution in [-0.4, -0.2) is 78.3 Å². The zero-order valence-corrected chi connectivity index (χ0v) is 22.4. The molecule has 204 valence electrons. The third-order valence-electron chi connectivity index (χ3n) is 7.30. The summed E-state index contributed by atoms with van der Waals surface area (Å²) in [4.78, 5) is 7.90. The highest BCUT2D eigenvalue weighted by Crippen LogP contribution is 2.31. The van der Waals surface area contributed by atoms with Crippen molar-refractivity contribution in [2.24, 2.45) is 11.1 Å². The van der Waals surface area contributed by atoms with E-state index in [9.17, 15) is 10.2 Å². The number of benzene rings is 1. The second-order valence-corrected chi connectivity index (χ2v) is 10.3. The van der Waals surface area contributed by atoms with Gasteiger partial charge in [-0.15, -0.1) is 0 Å². The number of hydrogen-bond acceptors (Lipinski definition) is 8. The lowest BCUT2D eigenvalue weighted by Crippen LogP contribution is -2.49. The Morgan fingerprint density at radius 3 is 2.39 bits per heavy atom. The van der Waals surface area contributed by atoms with Gasteiger partial charge >= 0.3 is 0 Å². The van der Waals surface area contributed by atoms with E-state index in [2.05, 4.69) is 10.1 Å². The molecule has 2 saturated heterocycles. The Morgan fingerprint density at radius 1 is 1.03 bits per heavy atom. The molecule has 0 unspecified atom stereocenters. The van der Waals surface area contributed by atoms with E-state index in [-0.39, 0.29) is 0 Å². The van der Waals surface area contributed by atoms with Crippen molar-refractivity contribution in [2.75, 3.05) is 46.1 Å². The maximum atomic E-state index is 10.7. The van der Waals surface area contributed by atoms with Gasteiger partial charge in [-0.25, -0.2) is 0 Å². The molecule has 2 heterocycles. The van der Waals surface area contributed by atoms with Crippen molar-refractivity contribution in [3.05, 3.63) is 24.3 Å². The Balaban J connectivity index is 0.00000176. The third kappa shape index (κ3) is 9.21. The quantitative estimate of drug-likeness (QED) is 0.292. The highest BCUT2D eigenvalue weighted by Gasteiger charge is 2.33. The smallest absolute Gasteiger partial charge is 0.223 e. The van der Waals surface area contributed by atoms with E-state index in [1.807, 2.05) is 32.0 Å². The number of β-amino-alcohol motifs (C(OH)–C–C–N with tert-alkyl or cyclic N) is 1. The predicted octanol–water partition coefficient (Wildman–Crippen LogP) is 4.38. The average Bonchev–Trinajstić information content (AvgIpc) is 3.34. The van der Waals surface area contributed by atoms with Gasteiger partial charge in [0.1, 0.15) is 12.4 Å². The second kappa shape index (κ2) is 14.2. The summed E-state index contributed by atoms with van der Waals surface area (Å²) in [6, 6.07) is 7.29. The summed E-state index contributed by atoms with van der Waals surface area (Å²) in [6.45, 7) is 10.7. The van der Waals surface area contributed by atoms with Crippen LogP contribution in [0.1, 0.15) is 72.1 Å². The lowest BCUT2D eigenvalue weighted by Gasteiger charge is -2.39. The fraction of sp³-hybridized carbons (Fsp3) is 0.750. The standard InChI is InChI=1S/C26H40N2O6.C2H6/c1-21(27-34-24-6-4-5-23(17-24)33-20-26(30)9-2-3-10-26)32-18-22-7-13-28(14-8-22)19-25(29)11-15-31-16-12-25;1-2/h4-6,17,22,29-30H,2-3,7-16,18-20H2,1H3;1-2H3/b27-21+;. The molecular weight excluding hydrogens is 460 g/mol. The Kier molecular flexibility index (Phi) is 11.3. The van der Waals surface area contributed by atoms with Gasteiger partial charge in [0.05, 0.1) is 17.8 Å². The van der Waals surface area contributed by atoms with Crippen LogP contribution in [0, 0.1) is 5.92 Å². The molecule has 3 aliphatic rings. The van der Waals surface area contributed by atoms with E-state index in [4.69, 9.17) is 19.0 Å². The van der Waals surface area contributed by atoms with Crippen molar-refractivity contribution >= 4 is 5.90 Å². The zero-order valence-electron chi connectivity index (χ0n) is 22.4. The van der Waals surface area contributed by atoms with Gasteiger partial charge in [0.15, 0.2) is 5.75 Å². The minimum absolute atomic E-state index is 0.300. The first kappa shape index (κ1) is 28.7. The molecule has 1 saturated carbocycles. The van der Waals surface area contributed by atoms with Crippen molar-refractivity contribution in [3.63, 3.8) is 0 Å². The van der Waals surface area contributed by atoms with E-state index in [1.165, 1.54) is 0 Å². The number of aliphatic hydroxyl groups is 2. The van der Waals surface area contributed by atoms with Gasteiger partial charge in [0, 0.05) is 45.6 Å². The molecule has 2 aliphatic heterocycles. The first-order valence-electron chi connectivity index (χ1n) is 13.7. The first-order chi connectivity index (χ1) is 17.4. The van der Waals surface area contributed by atoms with Crippen LogP contribution < -0.4 is 9.57 Å². The van der Waals surface area contributed by atoms with Crippen LogP contribution in [0.25, 0.3) is 0 Å². The SMILES string of the molecule is C/C(=N\Oc1cccc(OCC2(O)CCCC2)c1)OCC1CCN(CC2(O)CCOCC2)CC1.CC. The Bertz CT molecular complexity index is 797. The molecule has 0 amide bonds. The van der Waals surface area contributed by atoms with Crippen LogP contribution in [0.5, 0.6) is 11.5 Å². The highest BCUT2D eigenvalue weighted by molar-refractivity contribution is 5.72. The van der Waals surface area contributed by atoms with Crippen molar-refractivity contribution in [2.45, 2.75) is 83.3 Å². The van der Waals surface area contributed by atoms with Crippen LogP contribution in [0.15, 0.2) is 29.4 Å². The van der Waals surface area contributed by atoms with E-state index in [0.717, 1.165) is 71.0 Å². The topological polar surface area (TPSA) is 93.0 Å². The van der Waals surface area contributed by atoms with Crippen molar-refractivity contribution in [3.8, 4) is 11.5 Å². The number of oxime groups is 1. The summed E-state index contributed by atoms with van der Waals surface area (Å²) in [5, 5.41) is 25.3. The summed E-state index contributed by atoms with van der Waals surface area (Å²) >= 11 is 0. The number of rotatable bonds is 9. The van der Waals surface area contributed by atoms with Crippen LogP contribution in [0.3, 0.4) is 0 Å². The molecule has 0 spiro atoms. The van der Waals surface area contributed by atoms with Gasteiger partial charge in [-0.3, -0.25) is 0 Å². The van der Waals surface area contributed by atoms with Gasteiger partial charge in [-0.2, -0.15) is 0 Å². The fourth-order valence-electron chi connectivity index (χ4n) is 5.03. The largest absolute Gasteiger partial charge is 0.490 e. The van der Waals surface area contributed by atoms with E-state index < -0.39 is 11.2 Å². The molecule has 1 aromatic rings. The van der Waals surface area contributed by atoms with Gasteiger partial charge < -0.3 is 34.2 Å². The van der Waals surface area contributed by atoms with Crippen LogP contribution >= 0.6 is 0 Å². The molecule has 8 nitrogen and oxygen atoms in total. The summed E-state index contributed by atoms with van der Waals surface area (Å²) in [6.07, 6.45) is 7.23. The molecule has 1 aromatic carbocycles. The lowest BCUT2D eigenvalue weighted by atomic mass is 9.91. The monoisotopic (exact) mass is 506 g/mol. The minimum Gasteiger partial charge on any atom is -0.490 e.